The van der Waals surface area contributed by atoms with Crippen LogP contribution < -0.4 is 10.6 Å². The molecule has 0 spiro atoms. The Labute approximate surface area is 107 Å². The smallest absolute Gasteiger partial charge is 0.0246 e. The molecule has 102 valence electrons. The van der Waals surface area contributed by atoms with Crippen LogP contribution in [0.4, 0.5) is 0 Å². The van der Waals surface area contributed by atoms with Crippen molar-refractivity contribution in [3.8, 4) is 0 Å². The van der Waals surface area contributed by atoms with Crippen molar-refractivity contribution < 1.29 is 0 Å². The van der Waals surface area contributed by atoms with Crippen molar-refractivity contribution in [2.24, 2.45) is 11.3 Å². The minimum atomic E-state index is 0.183. The molecule has 1 aliphatic heterocycles. The van der Waals surface area contributed by atoms with Crippen LogP contribution in [-0.2, 0) is 0 Å². The van der Waals surface area contributed by atoms with Crippen LogP contribution in [0.5, 0.6) is 0 Å². The maximum absolute atomic E-state index is 3.63. The second-order valence-corrected chi connectivity index (χ2v) is 6.97. The summed E-state index contributed by atoms with van der Waals surface area (Å²) in [6, 6.07) is 0. The Bertz CT molecular complexity index is 236. The average molecular weight is 241 g/mol. The quantitative estimate of drug-likeness (QED) is 0.739. The second kappa shape index (κ2) is 5.68. The van der Waals surface area contributed by atoms with E-state index in [2.05, 4.69) is 50.3 Å². The number of likely N-dealkylation sites (N-methyl/N-ethyl adjacent to an activating group) is 1. The number of likely N-dealkylation sites (tertiary alicyclic amines) is 1. The summed E-state index contributed by atoms with van der Waals surface area (Å²) in [6.07, 6.45) is 1.35. The summed E-state index contributed by atoms with van der Waals surface area (Å²) in [6.45, 7) is 13.9. The van der Waals surface area contributed by atoms with Crippen LogP contribution in [0.15, 0.2) is 0 Å². The molecular weight excluding hydrogens is 210 g/mol. The first kappa shape index (κ1) is 14.9. The van der Waals surface area contributed by atoms with Gasteiger partial charge in [0.15, 0.2) is 0 Å². The van der Waals surface area contributed by atoms with E-state index in [0.29, 0.717) is 5.41 Å². The van der Waals surface area contributed by atoms with E-state index in [-0.39, 0.29) is 5.54 Å². The van der Waals surface area contributed by atoms with Gasteiger partial charge in [0.25, 0.3) is 0 Å². The normalized spacial score (nSPS) is 23.3. The molecule has 1 rings (SSSR count). The van der Waals surface area contributed by atoms with Gasteiger partial charge in [-0.05, 0) is 52.2 Å². The summed E-state index contributed by atoms with van der Waals surface area (Å²) in [4.78, 5) is 2.45. The minimum Gasteiger partial charge on any atom is -0.314 e. The third kappa shape index (κ3) is 4.57. The zero-order valence-corrected chi connectivity index (χ0v) is 12.6. The molecule has 2 N–H and O–H groups in total. The molecular formula is C14H31N3. The molecule has 0 amide bonds. The van der Waals surface area contributed by atoms with Crippen molar-refractivity contribution >= 4 is 0 Å². The van der Waals surface area contributed by atoms with Crippen molar-refractivity contribution in [1.29, 1.82) is 0 Å². The van der Waals surface area contributed by atoms with E-state index >= 15 is 0 Å². The van der Waals surface area contributed by atoms with E-state index in [0.717, 1.165) is 19.0 Å². The summed E-state index contributed by atoms with van der Waals surface area (Å²) in [5.41, 5.74) is 0.580. The number of nitrogens with zero attached hydrogens (tertiary/aromatic N) is 1. The van der Waals surface area contributed by atoms with E-state index in [1.54, 1.807) is 0 Å². The fourth-order valence-corrected chi connectivity index (χ4v) is 2.50. The van der Waals surface area contributed by atoms with Gasteiger partial charge < -0.3 is 15.5 Å². The molecule has 0 aromatic heterocycles. The molecule has 1 fully saturated rings. The van der Waals surface area contributed by atoms with Crippen molar-refractivity contribution in [2.75, 3.05) is 40.3 Å². The van der Waals surface area contributed by atoms with Crippen LogP contribution in [-0.4, -0.2) is 50.7 Å². The maximum atomic E-state index is 3.63. The van der Waals surface area contributed by atoms with Crippen molar-refractivity contribution in [1.82, 2.24) is 15.5 Å². The topological polar surface area (TPSA) is 27.3 Å². The monoisotopic (exact) mass is 241 g/mol. The van der Waals surface area contributed by atoms with Gasteiger partial charge in [-0.3, -0.25) is 0 Å². The summed E-state index contributed by atoms with van der Waals surface area (Å²) in [7, 11) is 4.26. The van der Waals surface area contributed by atoms with E-state index in [1.807, 2.05) is 7.05 Å². The first-order chi connectivity index (χ1) is 7.77. The summed E-state index contributed by atoms with van der Waals surface area (Å²) in [5, 5.41) is 6.96. The summed E-state index contributed by atoms with van der Waals surface area (Å²) >= 11 is 0. The van der Waals surface area contributed by atoms with Gasteiger partial charge in [0.2, 0.25) is 0 Å². The lowest BCUT2D eigenvalue weighted by atomic mass is 9.78. The van der Waals surface area contributed by atoms with Crippen LogP contribution in [0.25, 0.3) is 0 Å². The number of rotatable bonds is 6. The highest BCUT2D eigenvalue weighted by Gasteiger charge is 2.33. The van der Waals surface area contributed by atoms with E-state index in [1.165, 1.54) is 19.5 Å². The number of hydrogen-bond acceptors (Lipinski definition) is 3. The first-order valence-corrected chi connectivity index (χ1v) is 6.85. The molecule has 1 saturated heterocycles. The zero-order chi connectivity index (χ0) is 13.1. The lowest BCUT2D eigenvalue weighted by molar-refractivity contribution is 0.200. The Morgan fingerprint density at radius 1 is 1.18 bits per heavy atom. The van der Waals surface area contributed by atoms with Gasteiger partial charge in [-0.2, -0.15) is 0 Å². The highest BCUT2D eigenvalue weighted by molar-refractivity contribution is 4.88. The van der Waals surface area contributed by atoms with Gasteiger partial charge in [0.1, 0.15) is 0 Å². The standard InChI is InChI=1S/C14H31N3/c1-13(2,12-7-8-17(6)9-12)10-16-11-14(3,4)15-5/h12,15-16H,7-11H2,1-6H3. The molecule has 3 heteroatoms. The number of hydrogen-bond donors (Lipinski definition) is 2. The minimum absolute atomic E-state index is 0.183. The lowest BCUT2D eigenvalue weighted by Gasteiger charge is -2.34. The van der Waals surface area contributed by atoms with Crippen LogP contribution in [0.1, 0.15) is 34.1 Å². The highest BCUT2D eigenvalue weighted by Crippen LogP contribution is 2.33. The van der Waals surface area contributed by atoms with Crippen LogP contribution in [0, 0.1) is 11.3 Å². The Hall–Kier alpha value is -0.120. The molecule has 17 heavy (non-hydrogen) atoms. The molecule has 1 heterocycles. The third-order valence-corrected chi connectivity index (χ3v) is 4.32. The van der Waals surface area contributed by atoms with Gasteiger partial charge in [-0.1, -0.05) is 13.8 Å². The molecule has 0 saturated carbocycles. The molecule has 0 radical (unpaired) electrons. The summed E-state index contributed by atoms with van der Waals surface area (Å²) < 4.78 is 0. The fraction of sp³-hybridized carbons (Fsp3) is 1.00. The Morgan fingerprint density at radius 3 is 2.29 bits per heavy atom. The fourth-order valence-electron chi connectivity index (χ4n) is 2.50. The largest absolute Gasteiger partial charge is 0.314 e. The van der Waals surface area contributed by atoms with Crippen molar-refractivity contribution in [3.05, 3.63) is 0 Å². The lowest BCUT2D eigenvalue weighted by Crippen LogP contribution is -2.48. The first-order valence-electron chi connectivity index (χ1n) is 6.85. The number of nitrogens with one attached hydrogen (secondary N) is 2. The Morgan fingerprint density at radius 2 is 1.82 bits per heavy atom. The van der Waals surface area contributed by atoms with Gasteiger partial charge in [-0.25, -0.2) is 0 Å². The SMILES string of the molecule is CNC(C)(C)CNCC(C)(C)C1CCN(C)C1. The van der Waals surface area contributed by atoms with Gasteiger partial charge in [0.05, 0.1) is 0 Å². The second-order valence-electron chi connectivity index (χ2n) is 6.97. The molecule has 0 bridgehead atoms. The van der Waals surface area contributed by atoms with Crippen LogP contribution in [0.3, 0.4) is 0 Å². The molecule has 1 unspecified atom stereocenters. The van der Waals surface area contributed by atoms with Gasteiger partial charge >= 0.3 is 0 Å². The van der Waals surface area contributed by atoms with E-state index in [9.17, 15) is 0 Å². The van der Waals surface area contributed by atoms with Gasteiger partial charge in [0, 0.05) is 25.2 Å². The molecule has 1 aliphatic rings. The predicted octanol–water partition coefficient (Wildman–Crippen LogP) is 1.55. The maximum Gasteiger partial charge on any atom is 0.0246 e. The molecule has 0 aliphatic carbocycles. The van der Waals surface area contributed by atoms with E-state index < -0.39 is 0 Å². The Balaban J connectivity index is 2.34. The third-order valence-electron chi connectivity index (χ3n) is 4.32. The van der Waals surface area contributed by atoms with Crippen molar-refractivity contribution in [2.45, 2.75) is 39.7 Å². The highest BCUT2D eigenvalue weighted by atomic mass is 15.1. The molecule has 3 nitrogen and oxygen atoms in total. The summed E-state index contributed by atoms with van der Waals surface area (Å²) in [5.74, 6) is 0.831. The predicted molar refractivity (Wildman–Crippen MR) is 75.4 cm³/mol. The molecule has 1 atom stereocenters. The van der Waals surface area contributed by atoms with Crippen LogP contribution >= 0.6 is 0 Å². The zero-order valence-electron chi connectivity index (χ0n) is 12.6. The molecule has 0 aromatic carbocycles. The average Bonchev–Trinajstić information content (AvgIpc) is 2.65. The van der Waals surface area contributed by atoms with Crippen LogP contribution in [0.2, 0.25) is 0 Å². The van der Waals surface area contributed by atoms with E-state index in [4.69, 9.17) is 0 Å². The Kier molecular flexibility index (Phi) is 4.99. The molecule has 0 aromatic rings. The van der Waals surface area contributed by atoms with Crippen molar-refractivity contribution in [3.63, 3.8) is 0 Å². The van der Waals surface area contributed by atoms with Gasteiger partial charge in [-0.15, -0.1) is 0 Å².